The zero-order chi connectivity index (χ0) is 10.8. The minimum absolute atomic E-state index is 0.0672. The van der Waals surface area contributed by atoms with Crippen molar-refractivity contribution in [2.45, 2.75) is 0 Å². The Morgan fingerprint density at radius 2 is 1.56 bits per heavy atom. The second kappa shape index (κ2) is 4.29. The largest absolute Gasteiger partial charge is 0.360 e. The summed E-state index contributed by atoms with van der Waals surface area (Å²) in [5, 5.41) is 1.37. The second-order valence-electron chi connectivity index (χ2n) is 3.57. The van der Waals surface area contributed by atoms with Gasteiger partial charge in [-0.1, -0.05) is 30.3 Å². The Balaban J connectivity index is 2.01. The predicted molar refractivity (Wildman–Crippen MR) is 62.1 cm³/mol. The molecule has 0 radical (unpaired) electrons. The summed E-state index contributed by atoms with van der Waals surface area (Å²) in [4.78, 5) is 3.34. The molecule has 0 atom stereocenters. The number of nitrogens with one attached hydrogen (secondary N) is 1. The van der Waals surface area contributed by atoms with Gasteiger partial charge in [0.15, 0.2) is 3.57 Å². The molecule has 0 spiro atoms. The van der Waals surface area contributed by atoms with E-state index in [-0.39, 0.29) is 21.2 Å². The molecule has 0 fully saturated rings. The van der Waals surface area contributed by atoms with Gasteiger partial charge in [-0.25, -0.2) is 0 Å². The Morgan fingerprint density at radius 1 is 0.812 bits per heavy atom. The molecule has 3 aromatic rings. The van der Waals surface area contributed by atoms with Gasteiger partial charge in [-0.15, -0.1) is 0 Å². The van der Waals surface area contributed by atoms with E-state index in [1.165, 1.54) is 18.0 Å². The van der Waals surface area contributed by atoms with Crippen LogP contribution in [-0.4, -0.2) is 4.98 Å². The highest BCUT2D eigenvalue weighted by Crippen LogP contribution is 2.10. The van der Waals surface area contributed by atoms with Crippen molar-refractivity contribution >= 4 is 10.9 Å². The third-order valence-corrected chi connectivity index (χ3v) is 5.30. The zero-order valence-corrected chi connectivity index (χ0v) is 10.8. The van der Waals surface area contributed by atoms with Crippen molar-refractivity contribution < 1.29 is 21.2 Å². The quantitative estimate of drug-likeness (QED) is 0.654. The maximum atomic E-state index is 3.34. The third-order valence-electron chi connectivity index (χ3n) is 2.48. The number of aromatic nitrogens is 1. The van der Waals surface area contributed by atoms with Gasteiger partial charge < -0.3 is 4.98 Å². The smallest absolute Gasteiger partial charge is 0.357 e. The third kappa shape index (κ3) is 1.85. The Labute approximate surface area is 105 Å². The fourth-order valence-corrected chi connectivity index (χ4v) is 4.23. The van der Waals surface area contributed by atoms with E-state index in [1.54, 1.807) is 0 Å². The van der Waals surface area contributed by atoms with Crippen LogP contribution in [0.25, 0.3) is 10.9 Å². The van der Waals surface area contributed by atoms with Crippen molar-refractivity contribution in [1.82, 2.24) is 4.98 Å². The molecule has 2 heteroatoms. The van der Waals surface area contributed by atoms with Crippen molar-refractivity contribution in [3.63, 3.8) is 0 Å². The maximum Gasteiger partial charge on any atom is 0.360 e. The van der Waals surface area contributed by atoms with Crippen LogP contribution in [0.2, 0.25) is 0 Å². The summed E-state index contributed by atoms with van der Waals surface area (Å²) in [5.74, 6) is 0. The van der Waals surface area contributed by atoms with Crippen molar-refractivity contribution in [2.75, 3.05) is 0 Å². The summed E-state index contributed by atoms with van der Waals surface area (Å²) in [7, 11) is 0. The van der Waals surface area contributed by atoms with Gasteiger partial charge in [-0.2, -0.15) is 0 Å². The lowest BCUT2D eigenvalue weighted by Gasteiger charge is -1.86. The van der Waals surface area contributed by atoms with Gasteiger partial charge in [0.2, 0.25) is 3.57 Å². The lowest BCUT2D eigenvalue weighted by molar-refractivity contribution is -0.595. The van der Waals surface area contributed by atoms with Crippen LogP contribution in [-0.2, 0) is 0 Å². The maximum absolute atomic E-state index is 3.34. The van der Waals surface area contributed by atoms with Crippen molar-refractivity contribution in [3.8, 4) is 0 Å². The molecule has 0 amide bonds. The molecule has 0 bridgehead atoms. The van der Waals surface area contributed by atoms with Crippen LogP contribution >= 0.6 is 0 Å². The van der Waals surface area contributed by atoms with Crippen LogP contribution in [0, 0.1) is 7.14 Å². The molecule has 1 heterocycles. The van der Waals surface area contributed by atoms with Gasteiger partial charge >= 0.3 is 21.2 Å². The standard InChI is InChI=1S/C14H11IN/c1-2-6-11(7-3-1)15-13-10-16-14-9-5-4-8-12(13)14/h1-10,16H/q+1. The minimum atomic E-state index is -0.0672. The number of fused-ring (bicyclic) bond motifs is 1. The average molecular weight is 320 g/mol. The minimum Gasteiger partial charge on any atom is -0.357 e. The molecule has 0 aliphatic heterocycles. The first-order valence-electron chi connectivity index (χ1n) is 5.19. The average Bonchev–Trinajstić information content (AvgIpc) is 2.74. The molecule has 0 aliphatic rings. The van der Waals surface area contributed by atoms with E-state index in [0.29, 0.717) is 0 Å². The van der Waals surface area contributed by atoms with Gasteiger partial charge in [0, 0.05) is 0 Å². The van der Waals surface area contributed by atoms with Crippen LogP contribution < -0.4 is 21.2 Å². The summed E-state index contributed by atoms with van der Waals surface area (Å²) < 4.78 is 2.94. The zero-order valence-electron chi connectivity index (χ0n) is 8.65. The number of aromatic amines is 1. The lowest BCUT2D eigenvalue weighted by atomic mass is 10.3. The van der Waals surface area contributed by atoms with Crippen LogP contribution in [0.5, 0.6) is 0 Å². The van der Waals surface area contributed by atoms with Gasteiger partial charge in [-0.05, 0) is 24.3 Å². The van der Waals surface area contributed by atoms with Crippen LogP contribution in [0.3, 0.4) is 0 Å². The molecule has 0 unspecified atom stereocenters. The number of rotatable bonds is 2. The summed E-state index contributed by atoms with van der Waals surface area (Å²) in [6.45, 7) is 0. The topological polar surface area (TPSA) is 15.8 Å². The Hall–Kier alpha value is -1.29. The number of hydrogen-bond donors (Lipinski definition) is 1. The van der Waals surface area contributed by atoms with Gasteiger partial charge in [0.25, 0.3) is 0 Å². The van der Waals surface area contributed by atoms with E-state index >= 15 is 0 Å². The summed E-state index contributed by atoms with van der Waals surface area (Å²) in [6.07, 6.45) is 2.16. The van der Waals surface area contributed by atoms with E-state index in [2.05, 4.69) is 65.8 Å². The Kier molecular flexibility index (Phi) is 2.66. The van der Waals surface area contributed by atoms with Crippen LogP contribution in [0.1, 0.15) is 0 Å². The number of halogens is 1. The van der Waals surface area contributed by atoms with E-state index in [9.17, 15) is 0 Å². The highest BCUT2D eigenvalue weighted by atomic mass is 127. The number of hydrogen-bond acceptors (Lipinski definition) is 0. The molecule has 0 saturated heterocycles. The Morgan fingerprint density at radius 3 is 2.44 bits per heavy atom. The van der Waals surface area contributed by atoms with Crippen LogP contribution in [0.15, 0.2) is 60.8 Å². The lowest BCUT2D eigenvalue weighted by Crippen LogP contribution is -3.61. The second-order valence-corrected chi connectivity index (χ2v) is 6.52. The summed E-state index contributed by atoms with van der Waals surface area (Å²) in [6, 6.07) is 19.2. The molecule has 1 aromatic heterocycles. The summed E-state index contributed by atoms with van der Waals surface area (Å²) >= 11 is -0.0672. The molecule has 0 aliphatic carbocycles. The first-order valence-corrected chi connectivity index (χ1v) is 7.35. The molecule has 1 N–H and O–H groups in total. The molecule has 1 nitrogen and oxygen atoms in total. The highest BCUT2D eigenvalue weighted by Gasteiger charge is 2.19. The van der Waals surface area contributed by atoms with Gasteiger partial charge in [0.1, 0.15) is 0 Å². The van der Waals surface area contributed by atoms with E-state index in [1.807, 2.05) is 0 Å². The molecular formula is C14H11IN+. The van der Waals surface area contributed by atoms with E-state index in [0.717, 1.165) is 0 Å². The van der Waals surface area contributed by atoms with Gasteiger partial charge in [0.05, 0.1) is 17.1 Å². The highest BCUT2D eigenvalue weighted by molar-refractivity contribution is 5.78. The van der Waals surface area contributed by atoms with Crippen LogP contribution in [0.4, 0.5) is 0 Å². The van der Waals surface area contributed by atoms with E-state index < -0.39 is 0 Å². The fraction of sp³-hybridized carbons (Fsp3) is 0. The van der Waals surface area contributed by atoms with Crippen molar-refractivity contribution in [3.05, 3.63) is 67.9 Å². The number of para-hydroxylation sites is 1. The van der Waals surface area contributed by atoms with Crippen molar-refractivity contribution in [1.29, 1.82) is 0 Å². The molecule has 16 heavy (non-hydrogen) atoms. The predicted octanol–water partition coefficient (Wildman–Crippen LogP) is 0.296. The normalized spacial score (nSPS) is 10.8. The number of H-pyrrole nitrogens is 1. The Bertz CT molecular complexity index is 598. The monoisotopic (exact) mass is 320 g/mol. The molecular weight excluding hydrogens is 309 g/mol. The molecule has 78 valence electrons. The molecule has 0 saturated carbocycles. The van der Waals surface area contributed by atoms with E-state index in [4.69, 9.17) is 0 Å². The SMILES string of the molecule is c1ccc([I+]c2c[nH]c3ccccc23)cc1. The molecule has 2 aromatic carbocycles. The molecule has 3 rings (SSSR count). The number of benzene rings is 2. The van der Waals surface area contributed by atoms with Crippen molar-refractivity contribution in [2.24, 2.45) is 0 Å². The first-order chi connectivity index (χ1) is 7.93. The fourth-order valence-electron chi connectivity index (χ4n) is 1.71. The first kappa shape index (κ1) is 9.90. The van der Waals surface area contributed by atoms with Gasteiger partial charge in [-0.3, -0.25) is 0 Å². The summed E-state index contributed by atoms with van der Waals surface area (Å²) in [5.41, 5.74) is 1.24.